The molecule has 1 heterocycles. The monoisotopic (exact) mass is 344 g/mol. The number of nitrogens with one attached hydrogen (secondary N) is 1. The van der Waals surface area contributed by atoms with Crippen LogP contribution in [-0.2, 0) is 11.2 Å². The zero-order valence-electron chi connectivity index (χ0n) is 9.24. The predicted molar refractivity (Wildman–Crippen MR) is 80.2 cm³/mol. The van der Waals surface area contributed by atoms with Crippen molar-refractivity contribution in [2.45, 2.75) is 6.42 Å². The van der Waals surface area contributed by atoms with Crippen molar-refractivity contribution >= 4 is 56.1 Å². The summed E-state index contributed by atoms with van der Waals surface area (Å²) in [7, 11) is 0. The Hall–Kier alpha value is -1.04. The highest BCUT2D eigenvalue weighted by Crippen LogP contribution is 2.25. The summed E-state index contributed by atoms with van der Waals surface area (Å²) in [6.07, 6.45) is 0.330. The summed E-state index contributed by atoms with van der Waals surface area (Å²) >= 11 is 10.9. The third kappa shape index (κ3) is 3.48. The molecule has 1 amide bonds. The highest BCUT2D eigenvalue weighted by atomic mass is 79.9. The largest absolute Gasteiger partial charge is 0.399 e. The highest BCUT2D eigenvalue weighted by Gasteiger charge is 2.08. The standard InChI is InChI=1S/C12H10BrClN2OS/c13-11-4-2-8(18-11)6-12(17)16-10-3-1-7(15)5-9(10)14/h1-5H,6,15H2,(H,16,17). The molecular weight excluding hydrogens is 336 g/mol. The zero-order valence-corrected chi connectivity index (χ0v) is 12.4. The molecule has 0 aliphatic heterocycles. The van der Waals surface area contributed by atoms with E-state index in [2.05, 4.69) is 21.2 Å². The zero-order chi connectivity index (χ0) is 13.1. The normalized spacial score (nSPS) is 10.3. The number of thiophene rings is 1. The van der Waals surface area contributed by atoms with Gasteiger partial charge in [0.15, 0.2) is 0 Å². The van der Waals surface area contributed by atoms with Gasteiger partial charge in [0.05, 0.1) is 20.9 Å². The third-order valence-corrected chi connectivity index (χ3v) is 4.17. The van der Waals surface area contributed by atoms with E-state index < -0.39 is 0 Å². The highest BCUT2D eigenvalue weighted by molar-refractivity contribution is 9.11. The number of carbonyl (C=O) groups is 1. The third-order valence-electron chi connectivity index (χ3n) is 2.23. The summed E-state index contributed by atoms with van der Waals surface area (Å²) in [5.74, 6) is -0.101. The van der Waals surface area contributed by atoms with Gasteiger partial charge in [-0.3, -0.25) is 4.79 Å². The van der Waals surface area contributed by atoms with Crippen LogP contribution in [0.5, 0.6) is 0 Å². The van der Waals surface area contributed by atoms with Gasteiger partial charge in [0.25, 0.3) is 0 Å². The second kappa shape index (κ2) is 5.73. The molecule has 2 rings (SSSR count). The average molecular weight is 346 g/mol. The number of nitrogens with two attached hydrogens (primary N) is 1. The average Bonchev–Trinajstić information content (AvgIpc) is 2.68. The van der Waals surface area contributed by atoms with Crippen molar-refractivity contribution in [3.05, 3.63) is 44.0 Å². The van der Waals surface area contributed by atoms with Crippen LogP contribution in [-0.4, -0.2) is 5.91 Å². The molecule has 0 saturated carbocycles. The number of benzene rings is 1. The Morgan fingerprint density at radius 2 is 2.17 bits per heavy atom. The first-order chi connectivity index (χ1) is 8.54. The van der Waals surface area contributed by atoms with Crippen molar-refractivity contribution in [1.29, 1.82) is 0 Å². The van der Waals surface area contributed by atoms with Gasteiger partial charge >= 0.3 is 0 Å². The topological polar surface area (TPSA) is 55.1 Å². The van der Waals surface area contributed by atoms with Crippen molar-refractivity contribution in [3.63, 3.8) is 0 Å². The molecule has 18 heavy (non-hydrogen) atoms. The molecule has 6 heteroatoms. The van der Waals surface area contributed by atoms with Crippen molar-refractivity contribution in [2.75, 3.05) is 11.1 Å². The molecular formula is C12H10BrClN2OS. The molecule has 1 aromatic heterocycles. The second-order valence-corrected chi connectivity index (χ2v) is 6.62. The minimum atomic E-state index is -0.101. The first-order valence-corrected chi connectivity index (χ1v) is 7.12. The summed E-state index contributed by atoms with van der Waals surface area (Å²) in [5, 5.41) is 3.20. The van der Waals surface area contributed by atoms with E-state index >= 15 is 0 Å². The van der Waals surface area contributed by atoms with E-state index in [1.165, 1.54) is 11.3 Å². The summed E-state index contributed by atoms with van der Waals surface area (Å²) in [4.78, 5) is 12.8. The predicted octanol–water partition coefficient (Wildman–Crippen LogP) is 3.93. The first kappa shape index (κ1) is 13.4. The Kier molecular flexibility index (Phi) is 4.27. The van der Waals surface area contributed by atoms with Gasteiger partial charge in [-0.1, -0.05) is 11.6 Å². The van der Waals surface area contributed by atoms with Crippen LogP contribution in [0, 0.1) is 0 Å². The Morgan fingerprint density at radius 3 is 2.78 bits per heavy atom. The molecule has 0 spiro atoms. The molecule has 1 aromatic carbocycles. The summed E-state index contributed by atoms with van der Waals surface area (Å²) in [6, 6.07) is 8.84. The molecule has 3 nitrogen and oxygen atoms in total. The van der Waals surface area contributed by atoms with Crippen molar-refractivity contribution < 1.29 is 4.79 Å². The van der Waals surface area contributed by atoms with E-state index in [4.69, 9.17) is 17.3 Å². The Morgan fingerprint density at radius 1 is 1.39 bits per heavy atom. The van der Waals surface area contributed by atoms with Crippen molar-refractivity contribution in [3.8, 4) is 0 Å². The molecule has 0 atom stereocenters. The van der Waals surface area contributed by atoms with Gasteiger partial charge in [0.1, 0.15) is 0 Å². The minimum Gasteiger partial charge on any atom is -0.399 e. The van der Waals surface area contributed by atoms with Gasteiger partial charge in [0, 0.05) is 10.6 Å². The quantitative estimate of drug-likeness (QED) is 0.828. The van der Waals surface area contributed by atoms with Crippen molar-refractivity contribution in [2.24, 2.45) is 0 Å². The molecule has 0 radical (unpaired) electrons. The van der Waals surface area contributed by atoms with E-state index in [-0.39, 0.29) is 5.91 Å². The van der Waals surface area contributed by atoms with E-state index in [1.807, 2.05) is 12.1 Å². The lowest BCUT2D eigenvalue weighted by atomic mass is 10.2. The molecule has 2 aromatic rings. The maximum Gasteiger partial charge on any atom is 0.229 e. The molecule has 0 fully saturated rings. The van der Waals surface area contributed by atoms with Crippen LogP contribution in [0.2, 0.25) is 5.02 Å². The van der Waals surface area contributed by atoms with Crippen LogP contribution in [0.3, 0.4) is 0 Å². The number of hydrogen-bond acceptors (Lipinski definition) is 3. The fraction of sp³-hybridized carbons (Fsp3) is 0.0833. The van der Waals surface area contributed by atoms with Crippen LogP contribution in [0.4, 0.5) is 11.4 Å². The second-order valence-electron chi connectivity index (χ2n) is 3.67. The minimum absolute atomic E-state index is 0.101. The lowest BCUT2D eigenvalue weighted by Gasteiger charge is -2.07. The molecule has 0 unspecified atom stereocenters. The van der Waals surface area contributed by atoms with E-state index in [9.17, 15) is 4.79 Å². The SMILES string of the molecule is Nc1ccc(NC(=O)Cc2ccc(Br)s2)c(Cl)c1. The molecule has 0 bridgehead atoms. The van der Waals surface area contributed by atoms with Gasteiger partial charge in [-0.05, 0) is 46.3 Å². The number of carbonyl (C=O) groups excluding carboxylic acids is 1. The smallest absolute Gasteiger partial charge is 0.229 e. The molecule has 3 N–H and O–H groups in total. The summed E-state index contributed by atoms with van der Waals surface area (Å²) < 4.78 is 1.01. The summed E-state index contributed by atoms with van der Waals surface area (Å²) in [5.41, 5.74) is 6.73. The number of rotatable bonds is 3. The lowest BCUT2D eigenvalue weighted by Crippen LogP contribution is -2.14. The van der Waals surface area contributed by atoms with E-state index in [0.717, 1.165) is 8.66 Å². The lowest BCUT2D eigenvalue weighted by molar-refractivity contribution is -0.115. The number of amides is 1. The fourth-order valence-electron chi connectivity index (χ4n) is 1.43. The number of hydrogen-bond donors (Lipinski definition) is 2. The van der Waals surface area contributed by atoms with Crippen LogP contribution in [0.1, 0.15) is 4.88 Å². The Balaban J connectivity index is 2.03. The number of halogens is 2. The Labute approximate surface area is 122 Å². The summed E-state index contributed by atoms with van der Waals surface area (Å²) in [6.45, 7) is 0. The molecule has 0 saturated heterocycles. The molecule has 0 aliphatic rings. The fourth-order valence-corrected chi connectivity index (χ4v) is 3.15. The number of anilines is 2. The van der Waals surface area contributed by atoms with Crippen LogP contribution >= 0.6 is 38.9 Å². The molecule has 94 valence electrons. The molecule has 0 aliphatic carbocycles. The van der Waals surface area contributed by atoms with Crippen LogP contribution in [0.15, 0.2) is 34.1 Å². The van der Waals surface area contributed by atoms with Gasteiger partial charge in [-0.15, -0.1) is 11.3 Å². The van der Waals surface area contributed by atoms with E-state index in [1.54, 1.807) is 18.2 Å². The van der Waals surface area contributed by atoms with Gasteiger partial charge in [-0.25, -0.2) is 0 Å². The van der Waals surface area contributed by atoms with Gasteiger partial charge in [0.2, 0.25) is 5.91 Å². The van der Waals surface area contributed by atoms with Crippen molar-refractivity contribution in [1.82, 2.24) is 0 Å². The van der Waals surface area contributed by atoms with Gasteiger partial charge in [-0.2, -0.15) is 0 Å². The Bertz CT molecular complexity index is 585. The number of nitrogen functional groups attached to an aromatic ring is 1. The van der Waals surface area contributed by atoms with Gasteiger partial charge < -0.3 is 11.1 Å². The van der Waals surface area contributed by atoms with E-state index in [0.29, 0.717) is 22.8 Å². The maximum atomic E-state index is 11.8. The van der Waals surface area contributed by atoms with Crippen LogP contribution in [0.25, 0.3) is 0 Å². The van der Waals surface area contributed by atoms with Crippen LogP contribution < -0.4 is 11.1 Å². The maximum absolute atomic E-state index is 11.8. The first-order valence-electron chi connectivity index (χ1n) is 5.13.